The van der Waals surface area contributed by atoms with E-state index in [0.29, 0.717) is 19.1 Å². The second-order valence-corrected chi connectivity index (χ2v) is 6.13. The maximum Gasteiger partial charge on any atom is 0.390 e. The van der Waals surface area contributed by atoms with Crippen LogP contribution in [0.5, 0.6) is 5.75 Å². The molecular formula is C18H28F3IN4O2. The van der Waals surface area contributed by atoms with Crippen molar-refractivity contribution in [2.75, 3.05) is 53.0 Å². The van der Waals surface area contributed by atoms with Crippen LogP contribution in [0.25, 0.3) is 0 Å². The van der Waals surface area contributed by atoms with Gasteiger partial charge < -0.3 is 20.1 Å². The van der Waals surface area contributed by atoms with Gasteiger partial charge in [0.15, 0.2) is 5.96 Å². The average Bonchev–Trinajstić information content (AvgIpc) is 2.65. The van der Waals surface area contributed by atoms with E-state index < -0.39 is 12.6 Å². The minimum Gasteiger partial charge on any atom is -0.492 e. The smallest absolute Gasteiger partial charge is 0.390 e. The minimum atomic E-state index is -4.19. The van der Waals surface area contributed by atoms with Crippen LogP contribution >= 0.6 is 24.0 Å². The summed E-state index contributed by atoms with van der Waals surface area (Å²) in [5, 5.41) is 5.68. The van der Waals surface area contributed by atoms with Gasteiger partial charge in [-0.15, -0.1) is 24.0 Å². The van der Waals surface area contributed by atoms with Gasteiger partial charge in [0, 0.05) is 45.3 Å². The van der Waals surface area contributed by atoms with Crippen LogP contribution in [0.1, 0.15) is 12.0 Å². The first kappa shape index (κ1) is 24.8. The number of rotatable bonds is 8. The third kappa shape index (κ3) is 9.78. The molecule has 1 fully saturated rings. The topological polar surface area (TPSA) is 58.1 Å². The normalized spacial score (nSPS) is 15.6. The fourth-order valence-electron chi connectivity index (χ4n) is 2.62. The summed E-state index contributed by atoms with van der Waals surface area (Å²) in [6.45, 7) is 4.89. The first-order valence-corrected chi connectivity index (χ1v) is 9.00. The zero-order valence-corrected chi connectivity index (χ0v) is 18.3. The van der Waals surface area contributed by atoms with E-state index in [1.807, 2.05) is 24.3 Å². The molecule has 0 unspecified atom stereocenters. The van der Waals surface area contributed by atoms with E-state index in [2.05, 4.69) is 20.5 Å². The van der Waals surface area contributed by atoms with Gasteiger partial charge in [-0.3, -0.25) is 9.89 Å². The number of para-hydroxylation sites is 1. The Bertz CT molecular complexity index is 596. The van der Waals surface area contributed by atoms with Gasteiger partial charge in [-0.25, -0.2) is 0 Å². The van der Waals surface area contributed by atoms with Crippen molar-refractivity contribution in [2.24, 2.45) is 4.99 Å². The molecule has 160 valence electrons. The predicted octanol–water partition coefficient (Wildman–Crippen LogP) is 2.63. The predicted molar refractivity (Wildman–Crippen MR) is 113 cm³/mol. The van der Waals surface area contributed by atoms with E-state index >= 15 is 0 Å². The highest BCUT2D eigenvalue weighted by Crippen LogP contribution is 2.19. The van der Waals surface area contributed by atoms with Crippen molar-refractivity contribution in [3.05, 3.63) is 29.8 Å². The number of morpholine rings is 1. The van der Waals surface area contributed by atoms with Crippen molar-refractivity contribution in [3.63, 3.8) is 0 Å². The van der Waals surface area contributed by atoms with Crippen LogP contribution in [0.4, 0.5) is 13.2 Å². The molecule has 10 heteroatoms. The molecule has 0 bridgehead atoms. The molecule has 0 atom stereocenters. The molecule has 0 saturated carbocycles. The van der Waals surface area contributed by atoms with E-state index in [1.54, 1.807) is 0 Å². The highest BCUT2D eigenvalue weighted by atomic mass is 127. The maximum absolute atomic E-state index is 12.2. The largest absolute Gasteiger partial charge is 0.492 e. The van der Waals surface area contributed by atoms with E-state index in [4.69, 9.17) is 9.47 Å². The second-order valence-electron chi connectivity index (χ2n) is 6.13. The van der Waals surface area contributed by atoms with Crippen molar-refractivity contribution in [2.45, 2.75) is 19.1 Å². The first-order valence-electron chi connectivity index (χ1n) is 9.00. The number of alkyl halides is 3. The quantitative estimate of drug-likeness (QED) is 0.316. The lowest BCUT2D eigenvalue weighted by Gasteiger charge is -2.26. The van der Waals surface area contributed by atoms with Crippen LogP contribution in [-0.2, 0) is 11.3 Å². The minimum absolute atomic E-state index is 0. The van der Waals surface area contributed by atoms with Gasteiger partial charge >= 0.3 is 6.18 Å². The third-order valence-corrected chi connectivity index (χ3v) is 4.11. The van der Waals surface area contributed by atoms with Crippen LogP contribution in [0.2, 0.25) is 0 Å². The Morgan fingerprint density at radius 2 is 1.93 bits per heavy atom. The molecular weight excluding hydrogens is 488 g/mol. The van der Waals surface area contributed by atoms with E-state index in [1.165, 1.54) is 7.05 Å². The lowest BCUT2D eigenvalue weighted by atomic mass is 10.2. The lowest BCUT2D eigenvalue weighted by molar-refractivity contribution is -0.132. The van der Waals surface area contributed by atoms with Crippen LogP contribution in [-0.4, -0.2) is 70.1 Å². The van der Waals surface area contributed by atoms with Gasteiger partial charge in [0.25, 0.3) is 0 Å². The monoisotopic (exact) mass is 516 g/mol. The van der Waals surface area contributed by atoms with Gasteiger partial charge in [-0.2, -0.15) is 13.2 Å². The molecule has 0 aliphatic carbocycles. The number of aliphatic imine (C=N–C) groups is 1. The molecule has 1 saturated heterocycles. The Hall–Kier alpha value is -1.27. The van der Waals surface area contributed by atoms with Gasteiger partial charge in [-0.05, 0) is 6.07 Å². The molecule has 1 aromatic carbocycles. The molecule has 1 aliphatic rings. The molecule has 2 N–H and O–H groups in total. The number of nitrogens with one attached hydrogen (secondary N) is 2. The summed E-state index contributed by atoms with van der Waals surface area (Å²) in [7, 11) is 1.52. The number of nitrogens with zero attached hydrogens (tertiary/aromatic N) is 2. The lowest BCUT2D eigenvalue weighted by Crippen LogP contribution is -2.39. The Morgan fingerprint density at radius 1 is 1.21 bits per heavy atom. The number of guanidine groups is 1. The number of hydrogen-bond acceptors (Lipinski definition) is 4. The summed E-state index contributed by atoms with van der Waals surface area (Å²) in [6, 6.07) is 7.59. The number of ether oxygens (including phenoxy) is 2. The van der Waals surface area contributed by atoms with E-state index in [9.17, 15) is 13.2 Å². The average molecular weight is 516 g/mol. The summed E-state index contributed by atoms with van der Waals surface area (Å²) < 4.78 is 47.9. The van der Waals surface area contributed by atoms with Gasteiger partial charge in [0.1, 0.15) is 12.4 Å². The molecule has 6 nitrogen and oxygen atoms in total. The number of hydrogen-bond donors (Lipinski definition) is 2. The number of benzene rings is 1. The fraction of sp³-hybridized carbons (Fsp3) is 0.611. The number of halogens is 4. The van der Waals surface area contributed by atoms with E-state index in [0.717, 1.165) is 44.2 Å². The van der Waals surface area contributed by atoms with Crippen molar-refractivity contribution < 1.29 is 22.6 Å². The summed E-state index contributed by atoms with van der Waals surface area (Å²) in [4.78, 5) is 6.23. The Kier molecular flexibility index (Phi) is 11.5. The van der Waals surface area contributed by atoms with Crippen molar-refractivity contribution >= 4 is 29.9 Å². The summed E-state index contributed by atoms with van der Waals surface area (Å²) in [6.07, 6.45) is -5.10. The molecule has 0 amide bonds. The Morgan fingerprint density at radius 3 is 2.61 bits per heavy atom. The van der Waals surface area contributed by atoms with Crippen LogP contribution in [0.3, 0.4) is 0 Å². The highest BCUT2D eigenvalue weighted by Gasteiger charge is 2.26. The van der Waals surface area contributed by atoms with Crippen molar-refractivity contribution in [1.29, 1.82) is 0 Å². The fourth-order valence-corrected chi connectivity index (χ4v) is 2.62. The van der Waals surface area contributed by atoms with E-state index in [-0.39, 0.29) is 30.5 Å². The molecule has 1 aliphatic heterocycles. The third-order valence-electron chi connectivity index (χ3n) is 4.11. The standard InChI is InChI=1S/C18H27F3N4O2.HI/c1-22-17(23-7-6-18(19,20)21)24-14-15-4-2-3-5-16(15)27-13-10-25-8-11-26-12-9-25;/h2-5H,6-14H2,1H3,(H2,22,23,24);1H. The maximum atomic E-state index is 12.2. The molecule has 2 rings (SSSR count). The van der Waals surface area contributed by atoms with Crippen LogP contribution in [0.15, 0.2) is 29.3 Å². The summed E-state index contributed by atoms with van der Waals surface area (Å²) in [5.74, 6) is 1.08. The zero-order chi connectivity index (χ0) is 19.5. The Balaban J connectivity index is 0.00000392. The highest BCUT2D eigenvalue weighted by molar-refractivity contribution is 14.0. The van der Waals surface area contributed by atoms with Gasteiger partial charge in [-0.1, -0.05) is 18.2 Å². The molecule has 0 spiro atoms. The SMILES string of the molecule is CN=C(NCCC(F)(F)F)NCc1ccccc1OCCN1CCOCC1.I. The molecule has 0 aromatic heterocycles. The van der Waals surface area contributed by atoms with Crippen LogP contribution < -0.4 is 15.4 Å². The van der Waals surface area contributed by atoms with Crippen molar-refractivity contribution in [3.8, 4) is 5.75 Å². The first-order chi connectivity index (χ1) is 13.0. The van der Waals surface area contributed by atoms with Gasteiger partial charge in [0.2, 0.25) is 0 Å². The second kappa shape index (κ2) is 13.0. The summed E-state index contributed by atoms with van der Waals surface area (Å²) in [5.41, 5.74) is 0.915. The summed E-state index contributed by atoms with van der Waals surface area (Å²) >= 11 is 0. The Labute approximate surface area is 180 Å². The van der Waals surface area contributed by atoms with Crippen LogP contribution in [0, 0.1) is 0 Å². The molecule has 1 aromatic rings. The van der Waals surface area contributed by atoms with Crippen molar-refractivity contribution in [1.82, 2.24) is 15.5 Å². The molecule has 28 heavy (non-hydrogen) atoms. The van der Waals surface area contributed by atoms with Gasteiger partial charge in [0.05, 0.1) is 19.6 Å². The molecule has 1 heterocycles. The molecule has 0 radical (unpaired) electrons. The zero-order valence-electron chi connectivity index (χ0n) is 15.9.